The molecule has 6 heteroatoms. The molecule has 0 aromatic heterocycles. The summed E-state index contributed by atoms with van der Waals surface area (Å²) in [5.74, 6) is -1.09. The van der Waals surface area contributed by atoms with E-state index in [1.807, 2.05) is 6.07 Å². The molecule has 0 radical (unpaired) electrons. The van der Waals surface area contributed by atoms with Crippen LogP contribution in [-0.2, 0) is 16.1 Å². The monoisotopic (exact) mass is 238 g/mol. The van der Waals surface area contributed by atoms with Crippen molar-refractivity contribution in [1.29, 1.82) is 0 Å². The lowest BCUT2D eigenvalue weighted by molar-refractivity contribution is -0.135. The Morgan fingerprint density at radius 2 is 2.18 bits per heavy atom. The van der Waals surface area contributed by atoms with Crippen molar-refractivity contribution in [3.8, 4) is 0 Å². The van der Waals surface area contributed by atoms with Crippen molar-refractivity contribution in [3.05, 3.63) is 29.8 Å². The van der Waals surface area contributed by atoms with Gasteiger partial charge in [0.25, 0.3) is 0 Å². The van der Waals surface area contributed by atoms with Gasteiger partial charge in [0.15, 0.2) is 0 Å². The van der Waals surface area contributed by atoms with E-state index in [4.69, 9.17) is 9.84 Å². The largest absolute Gasteiger partial charge is 0.480 e. The van der Waals surface area contributed by atoms with Crippen LogP contribution in [0.5, 0.6) is 0 Å². The summed E-state index contributed by atoms with van der Waals surface area (Å²) in [6.45, 7) is 0.0376. The average molecular weight is 238 g/mol. The molecule has 0 saturated heterocycles. The number of hydrogen-bond acceptors (Lipinski definition) is 3. The molecule has 1 rings (SSSR count). The Morgan fingerprint density at radius 3 is 2.82 bits per heavy atom. The molecule has 0 aliphatic heterocycles. The number of aliphatic carboxylic acids is 1. The summed E-state index contributed by atoms with van der Waals surface area (Å²) in [4.78, 5) is 21.5. The summed E-state index contributed by atoms with van der Waals surface area (Å²) in [5.41, 5.74) is 1.51. The van der Waals surface area contributed by atoms with Crippen LogP contribution in [0.3, 0.4) is 0 Å². The van der Waals surface area contributed by atoms with Gasteiger partial charge in [0.1, 0.15) is 6.54 Å². The maximum atomic E-state index is 11.3. The number of methoxy groups -OCH3 is 1. The summed E-state index contributed by atoms with van der Waals surface area (Å²) in [6.07, 6.45) is 0. The zero-order valence-electron chi connectivity index (χ0n) is 9.40. The third-order valence-electron chi connectivity index (χ3n) is 1.90. The zero-order chi connectivity index (χ0) is 12.7. The highest BCUT2D eigenvalue weighted by molar-refractivity contribution is 5.91. The topological polar surface area (TPSA) is 87.7 Å². The SMILES string of the molecule is COCc1cccc(NC(=O)NCC(=O)O)c1. The number of rotatable bonds is 5. The molecule has 0 aliphatic rings. The Morgan fingerprint density at radius 1 is 1.41 bits per heavy atom. The van der Waals surface area contributed by atoms with Crippen LogP contribution in [0.25, 0.3) is 0 Å². The fourth-order valence-electron chi connectivity index (χ4n) is 1.24. The van der Waals surface area contributed by atoms with Crippen molar-refractivity contribution < 1.29 is 19.4 Å². The first-order chi connectivity index (χ1) is 8.11. The lowest BCUT2D eigenvalue weighted by Crippen LogP contribution is -2.33. The van der Waals surface area contributed by atoms with E-state index in [9.17, 15) is 9.59 Å². The second-order valence-electron chi connectivity index (χ2n) is 3.33. The van der Waals surface area contributed by atoms with Crippen molar-refractivity contribution in [2.24, 2.45) is 0 Å². The number of nitrogens with one attached hydrogen (secondary N) is 2. The van der Waals surface area contributed by atoms with E-state index in [0.29, 0.717) is 12.3 Å². The van der Waals surface area contributed by atoms with Gasteiger partial charge in [-0.3, -0.25) is 4.79 Å². The highest BCUT2D eigenvalue weighted by Crippen LogP contribution is 2.10. The van der Waals surface area contributed by atoms with Crippen molar-refractivity contribution in [1.82, 2.24) is 5.32 Å². The van der Waals surface area contributed by atoms with E-state index in [1.165, 1.54) is 0 Å². The van der Waals surface area contributed by atoms with Crippen molar-refractivity contribution in [2.45, 2.75) is 6.61 Å². The summed E-state index contributed by atoms with van der Waals surface area (Å²) in [7, 11) is 1.58. The van der Waals surface area contributed by atoms with E-state index in [-0.39, 0.29) is 0 Å². The maximum Gasteiger partial charge on any atom is 0.323 e. The maximum absolute atomic E-state index is 11.3. The first kappa shape index (κ1) is 13.0. The molecule has 0 saturated carbocycles. The number of carboxylic acid groups (broad SMARTS) is 1. The fourth-order valence-corrected chi connectivity index (χ4v) is 1.24. The lowest BCUT2D eigenvalue weighted by Gasteiger charge is -2.07. The minimum absolute atomic E-state index is 0.413. The first-order valence-electron chi connectivity index (χ1n) is 4.96. The van der Waals surface area contributed by atoms with Gasteiger partial charge in [0.05, 0.1) is 6.61 Å². The van der Waals surface area contributed by atoms with Crippen molar-refractivity contribution in [2.75, 3.05) is 19.0 Å². The second kappa shape index (κ2) is 6.49. The average Bonchev–Trinajstić information content (AvgIpc) is 2.27. The number of carboxylic acids is 1. The quantitative estimate of drug-likeness (QED) is 0.715. The van der Waals surface area contributed by atoms with Crippen LogP contribution >= 0.6 is 0 Å². The number of urea groups is 1. The molecule has 0 atom stereocenters. The number of hydrogen-bond donors (Lipinski definition) is 3. The van der Waals surface area contributed by atoms with Crippen molar-refractivity contribution >= 4 is 17.7 Å². The minimum atomic E-state index is -1.09. The predicted octanol–water partition coefficient (Wildman–Crippen LogP) is 1.04. The molecule has 17 heavy (non-hydrogen) atoms. The molecule has 0 aliphatic carbocycles. The first-order valence-corrected chi connectivity index (χ1v) is 4.96. The van der Waals surface area contributed by atoms with E-state index in [1.54, 1.807) is 25.3 Å². The van der Waals surface area contributed by atoms with Gasteiger partial charge in [0.2, 0.25) is 0 Å². The molecule has 0 spiro atoms. The molecule has 92 valence electrons. The lowest BCUT2D eigenvalue weighted by atomic mass is 10.2. The minimum Gasteiger partial charge on any atom is -0.480 e. The molecule has 0 heterocycles. The third kappa shape index (κ3) is 4.98. The van der Waals surface area contributed by atoms with E-state index in [2.05, 4.69) is 10.6 Å². The van der Waals surface area contributed by atoms with E-state index < -0.39 is 18.5 Å². The summed E-state index contributed by atoms with van der Waals surface area (Å²) in [6, 6.07) is 6.55. The van der Waals surface area contributed by atoms with E-state index >= 15 is 0 Å². The number of carbonyl (C=O) groups excluding carboxylic acids is 1. The molecule has 3 N–H and O–H groups in total. The number of ether oxygens (including phenoxy) is 1. The van der Waals surface area contributed by atoms with Gasteiger partial charge in [-0.1, -0.05) is 12.1 Å². The Labute approximate surface area is 98.6 Å². The normalized spacial score (nSPS) is 9.71. The second-order valence-corrected chi connectivity index (χ2v) is 3.33. The van der Waals surface area contributed by atoms with Gasteiger partial charge in [-0.05, 0) is 17.7 Å². The Hall–Kier alpha value is -2.08. The van der Waals surface area contributed by atoms with E-state index in [0.717, 1.165) is 5.56 Å². The van der Waals surface area contributed by atoms with Crippen molar-refractivity contribution in [3.63, 3.8) is 0 Å². The molecule has 0 fully saturated rings. The smallest absolute Gasteiger partial charge is 0.323 e. The predicted molar refractivity (Wildman–Crippen MR) is 61.8 cm³/mol. The number of anilines is 1. The molecule has 0 unspecified atom stereocenters. The van der Waals surface area contributed by atoms with Gasteiger partial charge >= 0.3 is 12.0 Å². The van der Waals surface area contributed by atoms with Crippen LogP contribution in [0.1, 0.15) is 5.56 Å². The molecular formula is C11H14N2O4. The Bertz CT molecular complexity index is 406. The number of carbonyl (C=O) groups is 2. The molecule has 1 aromatic rings. The van der Waals surface area contributed by atoms with Crippen LogP contribution in [0.4, 0.5) is 10.5 Å². The number of benzene rings is 1. The molecule has 6 nitrogen and oxygen atoms in total. The van der Waals surface area contributed by atoms with Crippen LogP contribution in [-0.4, -0.2) is 30.8 Å². The molecule has 0 bridgehead atoms. The molecule has 2 amide bonds. The number of amides is 2. The zero-order valence-corrected chi connectivity index (χ0v) is 9.40. The Kier molecular flexibility index (Phi) is 4.96. The van der Waals surface area contributed by atoms with Gasteiger partial charge < -0.3 is 20.5 Å². The van der Waals surface area contributed by atoms with Gasteiger partial charge in [-0.2, -0.15) is 0 Å². The highest BCUT2D eigenvalue weighted by Gasteiger charge is 2.04. The summed E-state index contributed by atoms with van der Waals surface area (Å²) >= 11 is 0. The van der Waals surface area contributed by atoms with Gasteiger partial charge in [-0.15, -0.1) is 0 Å². The summed E-state index contributed by atoms with van der Waals surface area (Å²) in [5, 5.41) is 13.1. The molecule has 1 aromatic carbocycles. The fraction of sp³-hybridized carbons (Fsp3) is 0.273. The van der Waals surface area contributed by atoms with Crippen LogP contribution in [0.2, 0.25) is 0 Å². The summed E-state index contributed by atoms with van der Waals surface area (Å²) < 4.78 is 4.96. The third-order valence-corrected chi connectivity index (χ3v) is 1.90. The Balaban J connectivity index is 2.52. The highest BCUT2D eigenvalue weighted by atomic mass is 16.5. The van der Waals surface area contributed by atoms with Crippen LogP contribution in [0, 0.1) is 0 Å². The van der Waals surface area contributed by atoms with Gasteiger partial charge in [-0.25, -0.2) is 4.79 Å². The van der Waals surface area contributed by atoms with Crippen LogP contribution < -0.4 is 10.6 Å². The van der Waals surface area contributed by atoms with Crippen LogP contribution in [0.15, 0.2) is 24.3 Å². The standard InChI is InChI=1S/C11H14N2O4/c1-17-7-8-3-2-4-9(5-8)13-11(16)12-6-10(14)15/h2-5H,6-7H2,1H3,(H,14,15)(H2,12,13,16). The molecular weight excluding hydrogens is 224 g/mol. The van der Waals surface area contributed by atoms with Gasteiger partial charge in [0, 0.05) is 12.8 Å².